The summed E-state index contributed by atoms with van der Waals surface area (Å²) in [6.07, 6.45) is 0.717. The van der Waals surface area contributed by atoms with E-state index in [1.54, 1.807) is 0 Å². The Morgan fingerprint density at radius 3 is 1.68 bits per heavy atom. The Balaban J connectivity index is 2.35. The molecule has 3 nitrogen and oxygen atoms in total. The molecule has 4 heteroatoms. The van der Waals surface area contributed by atoms with E-state index in [9.17, 15) is 4.57 Å². The van der Waals surface area contributed by atoms with Gasteiger partial charge in [-0.25, -0.2) is 4.57 Å². The fourth-order valence-electron chi connectivity index (χ4n) is 2.01. The molecule has 0 heterocycles. The average molecular weight is 318 g/mol. The molecule has 0 N–H and O–H groups in total. The molecule has 0 aromatic heterocycles. The first-order valence-electron chi connectivity index (χ1n) is 7.56. The molecule has 0 bridgehead atoms. The summed E-state index contributed by atoms with van der Waals surface area (Å²) in [5, 5.41) is 0. The normalized spacial score (nSPS) is 12.7. The van der Waals surface area contributed by atoms with E-state index in [0.717, 1.165) is 17.5 Å². The number of hydrogen-bond acceptors (Lipinski definition) is 3. The van der Waals surface area contributed by atoms with E-state index in [1.165, 1.54) is 0 Å². The summed E-state index contributed by atoms with van der Waals surface area (Å²) in [7, 11) is -3.31. The van der Waals surface area contributed by atoms with Gasteiger partial charge in [-0.2, -0.15) is 0 Å². The highest BCUT2D eigenvalue weighted by Crippen LogP contribution is 2.54. The Morgan fingerprint density at radius 1 is 0.909 bits per heavy atom. The molecule has 0 aliphatic carbocycles. The summed E-state index contributed by atoms with van der Waals surface area (Å²) < 4.78 is 25.1. The summed E-state index contributed by atoms with van der Waals surface area (Å²) in [6, 6.07) is 15.1. The van der Waals surface area contributed by atoms with Gasteiger partial charge in [-0.1, -0.05) is 43.3 Å². The Bertz CT molecular complexity index is 630. The SMILES string of the molecule is CCC(C)P(=O)(Oc1ccccc1C)Oc1ccccc1C. The minimum absolute atomic E-state index is 0.188. The van der Waals surface area contributed by atoms with Crippen LogP contribution in [0.15, 0.2) is 48.5 Å². The molecule has 2 aromatic rings. The van der Waals surface area contributed by atoms with Gasteiger partial charge in [0.15, 0.2) is 0 Å². The molecular weight excluding hydrogens is 295 g/mol. The van der Waals surface area contributed by atoms with Gasteiger partial charge in [0.2, 0.25) is 0 Å². The molecular formula is C18H23O3P. The van der Waals surface area contributed by atoms with Crippen LogP contribution in [-0.2, 0) is 4.57 Å². The van der Waals surface area contributed by atoms with Crippen LogP contribution in [0.2, 0.25) is 0 Å². The van der Waals surface area contributed by atoms with Crippen molar-refractivity contribution in [2.75, 3.05) is 0 Å². The van der Waals surface area contributed by atoms with Crippen LogP contribution in [-0.4, -0.2) is 5.66 Å². The molecule has 0 spiro atoms. The van der Waals surface area contributed by atoms with E-state index in [4.69, 9.17) is 9.05 Å². The Morgan fingerprint density at radius 2 is 1.32 bits per heavy atom. The number of hydrogen-bond donors (Lipinski definition) is 0. The van der Waals surface area contributed by atoms with Gasteiger partial charge in [-0.3, -0.25) is 0 Å². The summed E-state index contributed by atoms with van der Waals surface area (Å²) in [5.74, 6) is 1.22. The molecule has 1 atom stereocenters. The maximum absolute atomic E-state index is 13.3. The van der Waals surface area contributed by atoms with Crippen molar-refractivity contribution in [3.05, 3.63) is 59.7 Å². The first-order valence-corrected chi connectivity index (χ1v) is 9.17. The van der Waals surface area contributed by atoms with E-state index < -0.39 is 7.60 Å². The molecule has 1 unspecified atom stereocenters. The third kappa shape index (κ3) is 3.72. The summed E-state index contributed by atoms with van der Waals surface area (Å²) in [5.41, 5.74) is 1.70. The molecule has 2 aromatic carbocycles. The zero-order valence-electron chi connectivity index (χ0n) is 13.6. The molecule has 22 heavy (non-hydrogen) atoms. The van der Waals surface area contributed by atoms with Crippen molar-refractivity contribution in [3.63, 3.8) is 0 Å². The Hall–Kier alpha value is -1.73. The van der Waals surface area contributed by atoms with Crippen LogP contribution in [0, 0.1) is 13.8 Å². The van der Waals surface area contributed by atoms with Gasteiger partial charge >= 0.3 is 7.60 Å². The van der Waals surface area contributed by atoms with Gasteiger partial charge < -0.3 is 9.05 Å². The average Bonchev–Trinajstić information content (AvgIpc) is 2.51. The van der Waals surface area contributed by atoms with Gasteiger partial charge in [0.1, 0.15) is 11.5 Å². The standard InChI is InChI=1S/C18H23O3P/c1-5-16(4)22(19,20-17-12-8-6-10-14(17)2)21-18-13-9-7-11-15(18)3/h6-13,16H,5H2,1-4H3. The Labute approximate surface area is 132 Å². The van der Waals surface area contributed by atoms with E-state index >= 15 is 0 Å². The second-order valence-corrected chi connectivity index (χ2v) is 7.84. The van der Waals surface area contributed by atoms with Crippen molar-refractivity contribution >= 4 is 7.60 Å². The lowest BCUT2D eigenvalue weighted by molar-refractivity contribution is 0.370. The lowest BCUT2D eigenvalue weighted by Crippen LogP contribution is -2.13. The van der Waals surface area contributed by atoms with Crippen molar-refractivity contribution in [1.29, 1.82) is 0 Å². The van der Waals surface area contributed by atoms with Gasteiger partial charge in [-0.15, -0.1) is 0 Å². The van der Waals surface area contributed by atoms with Crippen molar-refractivity contribution in [1.82, 2.24) is 0 Å². The summed E-state index contributed by atoms with van der Waals surface area (Å²) in [4.78, 5) is 0. The topological polar surface area (TPSA) is 35.5 Å². The number of para-hydroxylation sites is 2. The van der Waals surface area contributed by atoms with E-state index in [-0.39, 0.29) is 5.66 Å². The third-order valence-electron chi connectivity index (χ3n) is 3.77. The second kappa shape index (κ2) is 7.02. The fourth-order valence-corrected chi connectivity index (χ4v) is 3.82. The van der Waals surface area contributed by atoms with Crippen LogP contribution in [0.3, 0.4) is 0 Å². The van der Waals surface area contributed by atoms with Crippen LogP contribution < -0.4 is 9.05 Å². The number of benzene rings is 2. The zero-order chi connectivity index (χ0) is 16.2. The molecule has 118 valence electrons. The van der Waals surface area contributed by atoms with E-state index in [2.05, 4.69) is 0 Å². The molecule has 0 saturated heterocycles. The summed E-state index contributed by atoms with van der Waals surface area (Å²) >= 11 is 0. The monoisotopic (exact) mass is 318 g/mol. The van der Waals surface area contributed by atoms with Gasteiger partial charge in [0.05, 0.1) is 5.66 Å². The third-order valence-corrected chi connectivity index (χ3v) is 6.12. The molecule has 0 fully saturated rings. The van der Waals surface area contributed by atoms with Crippen LogP contribution in [0.4, 0.5) is 0 Å². The number of aryl methyl sites for hydroxylation is 2. The largest absolute Gasteiger partial charge is 0.433 e. The lowest BCUT2D eigenvalue weighted by Gasteiger charge is -2.25. The van der Waals surface area contributed by atoms with Crippen molar-refractivity contribution in [3.8, 4) is 11.5 Å². The fraction of sp³-hybridized carbons (Fsp3) is 0.333. The van der Waals surface area contributed by atoms with Gasteiger partial charge in [0, 0.05) is 0 Å². The van der Waals surface area contributed by atoms with Crippen LogP contribution in [0.5, 0.6) is 11.5 Å². The van der Waals surface area contributed by atoms with Crippen molar-refractivity contribution < 1.29 is 13.6 Å². The van der Waals surface area contributed by atoms with Crippen LogP contribution in [0.1, 0.15) is 31.4 Å². The van der Waals surface area contributed by atoms with E-state index in [1.807, 2.05) is 76.2 Å². The first-order chi connectivity index (χ1) is 10.5. The highest BCUT2D eigenvalue weighted by Gasteiger charge is 2.35. The van der Waals surface area contributed by atoms with Crippen molar-refractivity contribution in [2.24, 2.45) is 0 Å². The second-order valence-electron chi connectivity index (χ2n) is 5.51. The zero-order valence-corrected chi connectivity index (χ0v) is 14.5. The maximum atomic E-state index is 13.3. The van der Waals surface area contributed by atoms with Crippen LogP contribution >= 0.6 is 7.60 Å². The predicted octanol–water partition coefficient (Wildman–Crippen LogP) is 5.75. The minimum Gasteiger partial charge on any atom is -0.416 e. The molecule has 2 rings (SSSR count). The highest BCUT2D eigenvalue weighted by molar-refractivity contribution is 7.55. The van der Waals surface area contributed by atoms with Gasteiger partial charge in [-0.05, 0) is 50.5 Å². The highest BCUT2D eigenvalue weighted by atomic mass is 31.2. The minimum atomic E-state index is -3.31. The van der Waals surface area contributed by atoms with Crippen LogP contribution in [0.25, 0.3) is 0 Å². The number of rotatable bonds is 6. The molecule has 0 radical (unpaired) electrons. The van der Waals surface area contributed by atoms with Crippen molar-refractivity contribution in [2.45, 2.75) is 39.8 Å². The molecule has 0 aliphatic heterocycles. The van der Waals surface area contributed by atoms with E-state index in [0.29, 0.717) is 11.5 Å². The first kappa shape index (κ1) is 16.6. The smallest absolute Gasteiger partial charge is 0.416 e. The molecule has 0 amide bonds. The molecule has 0 saturated carbocycles. The van der Waals surface area contributed by atoms with Gasteiger partial charge in [0.25, 0.3) is 0 Å². The quantitative estimate of drug-likeness (QED) is 0.636. The summed E-state index contributed by atoms with van der Waals surface area (Å²) in [6.45, 7) is 7.76. The Kier molecular flexibility index (Phi) is 5.31. The molecule has 0 aliphatic rings. The predicted molar refractivity (Wildman–Crippen MR) is 91.0 cm³/mol. The lowest BCUT2D eigenvalue weighted by atomic mass is 10.2. The maximum Gasteiger partial charge on any atom is 0.433 e.